The van der Waals surface area contributed by atoms with Crippen molar-refractivity contribution in [1.82, 2.24) is 9.97 Å². The predicted molar refractivity (Wildman–Crippen MR) is 111 cm³/mol. The molecule has 1 N–H and O–H groups in total. The van der Waals surface area contributed by atoms with Gasteiger partial charge >= 0.3 is 0 Å². The normalized spacial score (nSPS) is 10.7. The summed E-state index contributed by atoms with van der Waals surface area (Å²) >= 11 is 0. The van der Waals surface area contributed by atoms with E-state index in [4.69, 9.17) is 10.00 Å². The number of hydrazine groups is 1. The van der Waals surface area contributed by atoms with E-state index < -0.39 is 0 Å². The zero-order chi connectivity index (χ0) is 20.9. The lowest BCUT2D eigenvalue weighted by Gasteiger charge is -2.23. The molecule has 0 radical (unpaired) electrons. The fourth-order valence-corrected chi connectivity index (χ4v) is 2.56. The van der Waals surface area contributed by atoms with Crippen LogP contribution in [0.1, 0.15) is 32.0 Å². The molecule has 29 heavy (non-hydrogen) atoms. The third-order valence-corrected chi connectivity index (χ3v) is 4.15. The van der Waals surface area contributed by atoms with Crippen molar-refractivity contribution in [1.29, 1.82) is 5.26 Å². The first-order valence-corrected chi connectivity index (χ1v) is 9.01. The number of hydrogen-bond donors (Lipinski definition) is 1. The summed E-state index contributed by atoms with van der Waals surface area (Å²) in [4.78, 5) is 19.8. The molecule has 1 aromatic carbocycles. The van der Waals surface area contributed by atoms with E-state index in [-0.39, 0.29) is 11.1 Å². The molecule has 0 aliphatic rings. The second-order valence-electron chi connectivity index (χ2n) is 7.35. The quantitative estimate of drug-likeness (QED) is 0.497. The number of nitrogens with zero attached hydrogens (tertiary/aromatic N) is 4. The minimum atomic E-state index is -0.0520. The lowest BCUT2D eigenvalue weighted by Crippen LogP contribution is -2.29. The minimum Gasteiger partial charge on any atom is -0.457 e. The van der Waals surface area contributed by atoms with E-state index in [2.05, 4.69) is 36.2 Å². The molecule has 0 saturated heterocycles. The molecule has 7 heteroatoms. The SMILES string of the molecule is CC(C)(C)c1ccnc(N(C=O)Nc2ccc(Oc3ccnc(C#N)c3)cc2)c1. The van der Waals surface area contributed by atoms with Crippen molar-refractivity contribution >= 4 is 17.9 Å². The van der Waals surface area contributed by atoms with Crippen LogP contribution in [0.3, 0.4) is 0 Å². The third kappa shape index (κ3) is 5.08. The highest BCUT2D eigenvalue weighted by Gasteiger charge is 2.16. The number of aromatic nitrogens is 2. The topological polar surface area (TPSA) is 91.1 Å². The Morgan fingerprint density at radius 2 is 1.76 bits per heavy atom. The van der Waals surface area contributed by atoms with Gasteiger partial charge in [-0.25, -0.2) is 15.0 Å². The summed E-state index contributed by atoms with van der Waals surface area (Å²) in [7, 11) is 0. The number of carbonyl (C=O) groups is 1. The van der Waals surface area contributed by atoms with Crippen LogP contribution in [0.15, 0.2) is 60.9 Å². The number of anilines is 2. The predicted octanol–water partition coefficient (Wildman–Crippen LogP) is 4.43. The molecular weight excluding hydrogens is 366 g/mol. The fraction of sp³-hybridized carbons (Fsp3) is 0.182. The first kappa shape index (κ1) is 19.8. The zero-order valence-corrected chi connectivity index (χ0v) is 16.5. The second-order valence-corrected chi connectivity index (χ2v) is 7.35. The van der Waals surface area contributed by atoms with Gasteiger partial charge in [0.05, 0.1) is 5.69 Å². The smallest absolute Gasteiger partial charge is 0.234 e. The van der Waals surface area contributed by atoms with Crippen molar-refractivity contribution in [2.45, 2.75) is 26.2 Å². The molecule has 0 unspecified atom stereocenters. The molecule has 0 atom stereocenters. The van der Waals surface area contributed by atoms with Crippen LogP contribution in [0.5, 0.6) is 11.5 Å². The summed E-state index contributed by atoms with van der Waals surface area (Å²) in [6, 6.07) is 16.1. The molecule has 146 valence electrons. The highest BCUT2D eigenvalue weighted by Crippen LogP contribution is 2.26. The number of ether oxygens (including phenoxy) is 1. The van der Waals surface area contributed by atoms with Crippen LogP contribution in [0.4, 0.5) is 11.5 Å². The number of pyridine rings is 2. The van der Waals surface area contributed by atoms with Crippen LogP contribution in [-0.2, 0) is 10.2 Å². The molecule has 1 amide bonds. The van der Waals surface area contributed by atoms with Crippen LogP contribution in [0.2, 0.25) is 0 Å². The highest BCUT2D eigenvalue weighted by atomic mass is 16.5. The molecular formula is C22H21N5O2. The number of benzene rings is 1. The maximum atomic E-state index is 11.6. The van der Waals surface area contributed by atoms with Crippen molar-refractivity contribution in [3.05, 3.63) is 72.2 Å². The summed E-state index contributed by atoms with van der Waals surface area (Å²) < 4.78 is 5.73. The molecule has 0 spiro atoms. The Balaban J connectivity index is 1.72. The van der Waals surface area contributed by atoms with Crippen LogP contribution >= 0.6 is 0 Å². The molecule has 7 nitrogen and oxygen atoms in total. The van der Waals surface area contributed by atoms with Gasteiger partial charge < -0.3 is 4.74 Å². The molecule has 0 bridgehead atoms. The minimum absolute atomic E-state index is 0.0520. The number of carbonyl (C=O) groups excluding carboxylic acids is 1. The Kier molecular flexibility index (Phi) is 5.74. The van der Waals surface area contributed by atoms with Crippen molar-refractivity contribution in [3.8, 4) is 17.6 Å². The summed E-state index contributed by atoms with van der Waals surface area (Å²) in [5.74, 6) is 1.62. The van der Waals surface area contributed by atoms with Crippen LogP contribution in [-0.4, -0.2) is 16.4 Å². The van der Waals surface area contributed by atoms with Gasteiger partial charge in [-0.05, 0) is 53.4 Å². The summed E-state index contributed by atoms with van der Waals surface area (Å²) in [6.07, 6.45) is 3.89. The third-order valence-electron chi connectivity index (χ3n) is 4.15. The van der Waals surface area contributed by atoms with Gasteiger partial charge in [0.25, 0.3) is 0 Å². The van der Waals surface area contributed by atoms with Gasteiger partial charge in [-0.1, -0.05) is 20.8 Å². The molecule has 3 aromatic rings. The highest BCUT2D eigenvalue weighted by molar-refractivity contribution is 5.77. The Hall–Kier alpha value is -3.92. The van der Waals surface area contributed by atoms with Gasteiger partial charge in [0, 0.05) is 18.5 Å². The van der Waals surface area contributed by atoms with Crippen LogP contribution < -0.4 is 15.2 Å². The molecule has 2 heterocycles. The zero-order valence-electron chi connectivity index (χ0n) is 16.5. The standard InChI is InChI=1S/C22H21N5O2/c1-22(2,3)16-8-10-25-21(12-16)27(15-28)26-17-4-6-19(7-5-17)29-20-9-11-24-18(13-20)14-23/h4-13,15,26H,1-3H3. The molecule has 0 saturated carbocycles. The molecule has 0 fully saturated rings. The van der Waals surface area contributed by atoms with Crippen molar-refractivity contribution in [2.75, 3.05) is 10.4 Å². The molecule has 3 rings (SSSR count). The Morgan fingerprint density at radius 3 is 2.41 bits per heavy atom. The molecule has 2 aromatic heterocycles. The van der Waals surface area contributed by atoms with Gasteiger partial charge in [-0.2, -0.15) is 5.26 Å². The first-order chi connectivity index (χ1) is 13.9. The van der Waals surface area contributed by atoms with Gasteiger partial charge in [-0.3, -0.25) is 10.2 Å². The average Bonchev–Trinajstić information content (AvgIpc) is 2.73. The van der Waals surface area contributed by atoms with E-state index in [1.807, 2.05) is 18.2 Å². The van der Waals surface area contributed by atoms with E-state index in [0.717, 1.165) is 5.56 Å². The Bertz CT molecular complexity index is 1040. The van der Waals surface area contributed by atoms with Crippen LogP contribution in [0, 0.1) is 11.3 Å². The maximum Gasteiger partial charge on any atom is 0.234 e. The average molecular weight is 387 g/mol. The van der Waals surface area contributed by atoms with Crippen LogP contribution in [0.25, 0.3) is 0 Å². The fourth-order valence-electron chi connectivity index (χ4n) is 2.56. The van der Waals surface area contributed by atoms with Gasteiger partial charge in [0.15, 0.2) is 5.82 Å². The monoisotopic (exact) mass is 387 g/mol. The molecule has 0 aliphatic carbocycles. The van der Waals surface area contributed by atoms with Crippen molar-refractivity contribution in [2.24, 2.45) is 0 Å². The van der Waals surface area contributed by atoms with Gasteiger partial charge in [-0.15, -0.1) is 0 Å². The summed E-state index contributed by atoms with van der Waals surface area (Å²) in [6.45, 7) is 6.31. The maximum absolute atomic E-state index is 11.6. The number of amides is 1. The van der Waals surface area contributed by atoms with E-state index >= 15 is 0 Å². The van der Waals surface area contributed by atoms with E-state index in [1.165, 1.54) is 11.2 Å². The summed E-state index contributed by atoms with van der Waals surface area (Å²) in [5, 5.41) is 10.2. The number of rotatable bonds is 6. The lowest BCUT2D eigenvalue weighted by atomic mass is 9.88. The second kappa shape index (κ2) is 8.40. The Labute approximate surface area is 169 Å². The number of nitriles is 1. The van der Waals surface area contributed by atoms with E-state index in [0.29, 0.717) is 29.4 Å². The number of hydrogen-bond acceptors (Lipinski definition) is 6. The van der Waals surface area contributed by atoms with Gasteiger partial charge in [0.2, 0.25) is 6.41 Å². The largest absolute Gasteiger partial charge is 0.457 e. The Morgan fingerprint density at radius 1 is 1.03 bits per heavy atom. The number of nitrogens with one attached hydrogen (secondary N) is 1. The summed E-state index contributed by atoms with van der Waals surface area (Å²) in [5.41, 5.74) is 5.03. The van der Waals surface area contributed by atoms with Crippen molar-refractivity contribution < 1.29 is 9.53 Å². The van der Waals surface area contributed by atoms with Gasteiger partial charge in [0.1, 0.15) is 23.3 Å². The molecule has 0 aliphatic heterocycles. The lowest BCUT2D eigenvalue weighted by molar-refractivity contribution is -0.107. The first-order valence-electron chi connectivity index (χ1n) is 9.01. The van der Waals surface area contributed by atoms with E-state index in [1.54, 1.807) is 42.6 Å². The van der Waals surface area contributed by atoms with Crippen molar-refractivity contribution in [3.63, 3.8) is 0 Å². The van der Waals surface area contributed by atoms with E-state index in [9.17, 15) is 4.79 Å².